The van der Waals surface area contributed by atoms with Gasteiger partial charge in [0.2, 0.25) is 0 Å². The number of aromatic nitrogens is 2. The van der Waals surface area contributed by atoms with Crippen LogP contribution in [0.15, 0.2) is 35.3 Å². The van der Waals surface area contributed by atoms with E-state index in [1.165, 1.54) is 10.8 Å². The molecule has 120 valence electrons. The van der Waals surface area contributed by atoms with Crippen LogP contribution >= 0.6 is 0 Å². The molecule has 1 fully saturated rings. The van der Waals surface area contributed by atoms with Gasteiger partial charge < -0.3 is 25.0 Å². The molecule has 0 radical (unpaired) electrons. The number of aliphatic hydroxyl groups excluding tert-OH is 2. The fourth-order valence-corrected chi connectivity index (χ4v) is 2.78. The highest BCUT2D eigenvalue weighted by Crippen LogP contribution is 2.40. The molecule has 0 saturated carbocycles. The molecule has 1 saturated heterocycles. The summed E-state index contributed by atoms with van der Waals surface area (Å²) in [6, 6.07) is 7.33. The van der Waals surface area contributed by atoms with Crippen LogP contribution in [-0.4, -0.2) is 38.6 Å². The third kappa shape index (κ3) is 2.37. The molecule has 3 heterocycles. The Morgan fingerprint density at radius 2 is 2.17 bits per heavy atom. The van der Waals surface area contributed by atoms with E-state index in [2.05, 4.69) is 10.3 Å². The molecule has 1 unspecified atom stereocenters. The molecule has 2 aliphatic rings. The van der Waals surface area contributed by atoms with Gasteiger partial charge in [-0.2, -0.15) is 4.98 Å². The van der Waals surface area contributed by atoms with Crippen molar-refractivity contribution in [1.29, 1.82) is 0 Å². The van der Waals surface area contributed by atoms with Crippen LogP contribution in [0.5, 0.6) is 11.5 Å². The predicted octanol–water partition coefficient (Wildman–Crippen LogP) is 0.733. The molecule has 0 bridgehead atoms. The van der Waals surface area contributed by atoms with E-state index in [0.717, 1.165) is 5.69 Å². The lowest BCUT2D eigenvalue weighted by Crippen LogP contribution is -2.28. The first-order valence-electron chi connectivity index (χ1n) is 7.27. The Hall–Kier alpha value is -2.42. The Morgan fingerprint density at radius 3 is 2.96 bits per heavy atom. The van der Waals surface area contributed by atoms with Crippen molar-refractivity contribution in [2.24, 2.45) is 0 Å². The largest absolute Gasteiger partial charge is 0.450 e. The molecule has 0 amide bonds. The minimum Gasteiger partial charge on any atom is -0.450 e. The van der Waals surface area contributed by atoms with Crippen LogP contribution in [0, 0.1) is 0 Å². The molecule has 2 aromatic rings. The van der Waals surface area contributed by atoms with Crippen molar-refractivity contribution >= 4 is 11.5 Å². The normalized spacial score (nSPS) is 25.2. The Balaban J connectivity index is 1.69. The maximum atomic E-state index is 12.2. The van der Waals surface area contributed by atoms with E-state index in [9.17, 15) is 9.90 Å². The van der Waals surface area contributed by atoms with Gasteiger partial charge in [0.1, 0.15) is 12.3 Å². The summed E-state index contributed by atoms with van der Waals surface area (Å²) in [6.45, 7) is -0.309. The number of ether oxygens (including phenoxy) is 2. The molecular weight excluding hydrogens is 302 g/mol. The number of fused-ring (bicyclic) bond motifs is 2. The van der Waals surface area contributed by atoms with Gasteiger partial charge in [-0.25, -0.2) is 4.79 Å². The second-order valence-corrected chi connectivity index (χ2v) is 5.48. The number of anilines is 2. The number of aliphatic hydroxyl groups is 2. The van der Waals surface area contributed by atoms with E-state index in [1.807, 2.05) is 18.2 Å². The molecule has 23 heavy (non-hydrogen) atoms. The molecule has 2 aliphatic heterocycles. The van der Waals surface area contributed by atoms with Gasteiger partial charge >= 0.3 is 5.69 Å². The summed E-state index contributed by atoms with van der Waals surface area (Å²) in [5, 5.41) is 22.0. The standard InChI is InChI=1S/C15H15N3O5/c19-7-12-9(20)5-13(23-12)18-6-11-14(17-15(18)21)16-8-3-1-2-4-10(8)22-11/h1-4,6,9,12-13,19-20H,5,7H2,(H,16,17,21)/t9-,12?,13-/m1/s1. The fourth-order valence-electron chi connectivity index (χ4n) is 2.78. The lowest BCUT2D eigenvalue weighted by molar-refractivity contribution is -0.0459. The van der Waals surface area contributed by atoms with Crippen molar-refractivity contribution in [2.75, 3.05) is 11.9 Å². The topological polar surface area (TPSA) is 106 Å². The Morgan fingerprint density at radius 1 is 1.35 bits per heavy atom. The molecule has 0 aliphatic carbocycles. The highest BCUT2D eigenvalue weighted by molar-refractivity contribution is 5.72. The third-order valence-electron chi connectivity index (χ3n) is 3.97. The average Bonchev–Trinajstić information content (AvgIpc) is 2.93. The maximum absolute atomic E-state index is 12.2. The number of para-hydroxylation sites is 2. The summed E-state index contributed by atoms with van der Waals surface area (Å²) in [7, 11) is 0. The minimum atomic E-state index is -0.826. The van der Waals surface area contributed by atoms with E-state index in [0.29, 0.717) is 17.3 Å². The SMILES string of the molecule is O=c1nc2c(cn1[C@H]1C[C@@H](O)C(CO)O1)Oc1ccccc1N2. The molecule has 3 N–H and O–H groups in total. The van der Waals surface area contributed by atoms with Crippen LogP contribution in [0.1, 0.15) is 12.6 Å². The summed E-state index contributed by atoms with van der Waals surface area (Å²) in [5.41, 5.74) is 0.215. The Bertz CT molecular complexity index is 806. The first-order chi connectivity index (χ1) is 11.2. The van der Waals surface area contributed by atoms with Crippen LogP contribution < -0.4 is 15.7 Å². The molecule has 3 atom stereocenters. The van der Waals surface area contributed by atoms with Gasteiger partial charge in [0.15, 0.2) is 17.3 Å². The van der Waals surface area contributed by atoms with E-state index in [1.54, 1.807) is 6.07 Å². The first-order valence-corrected chi connectivity index (χ1v) is 7.27. The van der Waals surface area contributed by atoms with Crippen LogP contribution in [-0.2, 0) is 4.74 Å². The Kier molecular flexibility index (Phi) is 3.29. The number of nitrogens with one attached hydrogen (secondary N) is 1. The lowest BCUT2D eigenvalue weighted by atomic mass is 10.2. The van der Waals surface area contributed by atoms with Crippen molar-refractivity contribution in [3.8, 4) is 11.5 Å². The van der Waals surface area contributed by atoms with Crippen LogP contribution in [0.4, 0.5) is 11.5 Å². The first kappa shape index (κ1) is 14.2. The highest BCUT2D eigenvalue weighted by Gasteiger charge is 2.35. The quantitative estimate of drug-likeness (QED) is 0.640. The minimum absolute atomic E-state index is 0.204. The Labute approximate surface area is 130 Å². The molecule has 1 aromatic heterocycles. The molecule has 1 aromatic carbocycles. The van der Waals surface area contributed by atoms with Crippen molar-refractivity contribution < 1.29 is 19.7 Å². The monoisotopic (exact) mass is 317 g/mol. The molecular formula is C15H15N3O5. The van der Waals surface area contributed by atoms with Gasteiger partial charge in [-0.15, -0.1) is 0 Å². The zero-order valence-corrected chi connectivity index (χ0v) is 12.0. The number of benzene rings is 1. The van der Waals surface area contributed by atoms with Gasteiger partial charge in [-0.3, -0.25) is 4.57 Å². The van der Waals surface area contributed by atoms with Crippen molar-refractivity contribution in [3.05, 3.63) is 40.9 Å². The van der Waals surface area contributed by atoms with Crippen LogP contribution in [0.25, 0.3) is 0 Å². The third-order valence-corrected chi connectivity index (χ3v) is 3.97. The average molecular weight is 317 g/mol. The second kappa shape index (κ2) is 5.34. The fraction of sp³-hybridized carbons (Fsp3) is 0.333. The van der Waals surface area contributed by atoms with E-state index >= 15 is 0 Å². The maximum Gasteiger partial charge on any atom is 0.351 e. The molecule has 0 spiro atoms. The summed E-state index contributed by atoms with van der Waals surface area (Å²) >= 11 is 0. The predicted molar refractivity (Wildman–Crippen MR) is 79.9 cm³/mol. The summed E-state index contributed by atoms with van der Waals surface area (Å²) in [6.07, 6.45) is -0.510. The number of hydrogen-bond acceptors (Lipinski definition) is 7. The van der Waals surface area contributed by atoms with E-state index in [-0.39, 0.29) is 13.0 Å². The molecule has 4 rings (SSSR count). The second-order valence-electron chi connectivity index (χ2n) is 5.48. The van der Waals surface area contributed by atoms with Gasteiger partial charge in [0, 0.05) is 6.42 Å². The van der Waals surface area contributed by atoms with Crippen molar-refractivity contribution in [1.82, 2.24) is 9.55 Å². The zero-order chi connectivity index (χ0) is 16.0. The molecule has 8 heteroatoms. The molecule has 8 nitrogen and oxygen atoms in total. The van der Waals surface area contributed by atoms with E-state index in [4.69, 9.17) is 14.6 Å². The van der Waals surface area contributed by atoms with Crippen molar-refractivity contribution in [3.63, 3.8) is 0 Å². The lowest BCUT2D eigenvalue weighted by Gasteiger charge is -2.22. The van der Waals surface area contributed by atoms with Gasteiger partial charge in [0.05, 0.1) is 24.6 Å². The zero-order valence-electron chi connectivity index (χ0n) is 12.0. The highest BCUT2D eigenvalue weighted by atomic mass is 16.5. The summed E-state index contributed by atoms with van der Waals surface area (Å²) in [4.78, 5) is 16.2. The van der Waals surface area contributed by atoms with Crippen LogP contribution in [0.2, 0.25) is 0 Å². The number of nitrogens with zero attached hydrogens (tertiary/aromatic N) is 2. The van der Waals surface area contributed by atoms with Gasteiger partial charge in [0.25, 0.3) is 0 Å². The van der Waals surface area contributed by atoms with E-state index < -0.39 is 24.1 Å². The van der Waals surface area contributed by atoms with Crippen LogP contribution in [0.3, 0.4) is 0 Å². The van der Waals surface area contributed by atoms with Crippen molar-refractivity contribution in [2.45, 2.75) is 24.9 Å². The summed E-state index contributed by atoms with van der Waals surface area (Å²) < 4.78 is 12.5. The number of hydrogen-bond donors (Lipinski definition) is 3. The summed E-state index contributed by atoms with van der Waals surface area (Å²) in [5.74, 6) is 1.36. The van der Waals surface area contributed by atoms with Gasteiger partial charge in [-0.05, 0) is 12.1 Å². The smallest absolute Gasteiger partial charge is 0.351 e. The number of rotatable bonds is 2. The van der Waals surface area contributed by atoms with Gasteiger partial charge in [-0.1, -0.05) is 12.1 Å².